The summed E-state index contributed by atoms with van der Waals surface area (Å²) in [6.07, 6.45) is 5.42. The number of rotatable bonds is 3. The van der Waals surface area contributed by atoms with Crippen LogP contribution in [-0.2, 0) is 4.74 Å². The minimum Gasteiger partial charge on any atom is -0.464 e. The molecule has 0 aromatic carbocycles. The minimum atomic E-state index is -0.442. The lowest BCUT2D eigenvalue weighted by Crippen LogP contribution is -2.17. The number of methoxy groups -OCH3 is 1. The standard InChI is InChI=1S/C13H18N4O2/c1-8(2)17-6-10(5-15-17)11-7-16(14)12(9(11)3)13(18)19-4/h5-8H,14H2,1-4H3. The summed E-state index contributed by atoms with van der Waals surface area (Å²) in [5, 5.41) is 4.29. The van der Waals surface area contributed by atoms with E-state index in [0.717, 1.165) is 16.7 Å². The molecule has 0 saturated carbocycles. The lowest BCUT2D eigenvalue weighted by atomic mass is 10.1. The van der Waals surface area contributed by atoms with Crippen molar-refractivity contribution in [2.24, 2.45) is 0 Å². The highest BCUT2D eigenvalue weighted by molar-refractivity contribution is 5.92. The van der Waals surface area contributed by atoms with E-state index in [9.17, 15) is 4.79 Å². The van der Waals surface area contributed by atoms with Gasteiger partial charge in [-0.25, -0.2) is 4.79 Å². The van der Waals surface area contributed by atoms with Crippen LogP contribution in [0.4, 0.5) is 0 Å². The van der Waals surface area contributed by atoms with Crippen LogP contribution in [0.1, 0.15) is 35.9 Å². The Labute approximate surface area is 111 Å². The van der Waals surface area contributed by atoms with Gasteiger partial charge >= 0.3 is 5.97 Å². The number of hydrogen-bond donors (Lipinski definition) is 1. The summed E-state index contributed by atoms with van der Waals surface area (Å²) in [6, 6.07) is 0.286. The molecular weight excluding hydrogens is 244 g/mol. The lowest BCUT2D eigenvalue weighted by Gasteiger charge is -2.03. The van der Waals surface area contributed by atoms with E-state index in [4.69, 9.17) is 10.6 Å². The van der Waals surface area contributed by atoms with Crippen LogP contribution >= 0.6 is 0 Å². The number of nitrogens with two attached hydrogens (primary N) is 1. The molecule has 0 spiro atoms. The minimum absolute atomic E-state index is 0.286. The Bertz CT molecular complexity index is 610. The molecule has 0 aliphatic rings. The third kappa shape index (κ3) is 2.21. The number of carbonyl (C=O) groups excluding carboxylic acids is 1. The molecule has 6 nitrogen and oxygen atoms in total. The second-order valence-electron chi connectivity index (χ2n) is 4.72. The number of esters is 1. The highest BCUT2D eigenvalue weighted by atomic mass is 16.5. The highest BCUT2D eigenvalue weighted by Crippen LogP contribution is 2.27. The Kier molecular flexibility index (Phi) is 3.33. The number of nitrogen functional groups attached to an aromatic ring is 1. The van der Waals surface area contributed by atoms with Crippen molar-refractivity contribution < 1.29 is 9.53 Å². The zero-order valence-corrected chi connectivity index (χ0v) is 11.5. The normalized spacial score (nSPS) is 11.0. The molecule has 0 saturated heterocycles. The van der Waals surface area contributed by atoms with Crippen LogP contribution in [0.5, 0.6) is 0 Å². The van der Waals surface area contributed by atoms with Gasteiger partial charge in [0, 0.05) is 29.6 Å². The monoisotopic (exact) mass is 262 g/mol. The van der Waals surface area contributed by atoms with Gasteiger partial charge < -0.3 is 10.6 Å². The number of carbonyl (C=O) groups is 1. The van der Waals surface area contributed by atoms with Gasteiger partial charge in [0.25, 0.3) is 0 Å². The first-order valence-electron chi connectivity index (χ1n) is 6.05. The van der Waals surface area contributed by atoms with E-state index in [-0.39, 0.29) is 6.04 Å². The van der Waals surface area contributed by atoms with Crippen LogP contribution in [-0.4, -0.2) is 27.5 Å². The van der Waals surface area contributed by atoms with Gasteiger partial charge in [0.2, 0.25) is 0 Å². The van der Waals surface area contributed by atoms with Crippen molar-refractivity contribution in [3.8, 4) is 11.1 Å². The van der Waals surface area contributed by atoms with Crippen LogP contribution in [0.3, 0.4) is 0 Å². The van der Waals surface area contributed by atoms with Gasteiger partial charge in [-0.3, -0.25) is 9.36 Å². The third-order valence-electron chi connectivity index (χ3n) is 3.11. The zero-order valence-electron chi connectivity index (χ0n) is 11.5. The molecule has 2 aromatic rings. The number of hydrogen-bond acceptors (Lipinski definition) is 4. The molecule has 102 valence electrons. The smallest absolute Gasteiger partial charge is 0.356 e. The molecule has 2 rings (SSSR count). The molecule has 0 atom stereocenters. The number of ether oxygens (including phenoxy) is 1. The van der Waals surface area contributed by atoms with Gasteiger partial charge in [-0.05, 0) is 26.3 Å². The Balaban J connectivity index is 2.48. The summed E-state index contributed by atoms with van der Waals surface area (Å²) >= 11 is 0. The Morgan fingerprint density at radius 3 is 2.63 bits per heavy atom. The average Bonchev–Trinajstić information content (AvgIpc) is 2.94. The molecular formula is C13H18N4O2. The van der Waals surface area contributed by atoms with Crippen LogP contribution in [0.25, 0.3) is 11.1 Å². The van der Waals surface area contributed by atoms with Gasteiger partial charge in [-0.15, -0.1) is 0 Å². The molecule has 0 unspecified atom stereocenters. The molecule has 0 aliphatic heterocycles. The molecule has 6 heteroatoms. The summed E-state index contributed by atoms with van der Waals surface area (Å²) in [5.74, 6) is 5.37. The fourth-order valence-corrected chi connectivity index (χ4v) is 2.03. The summed E-state index contributed by atoms with van der Waals surface area (Å²) in [7, 11) is 1.34. The first kappa shape index (κ1) is 13.2. The van der Waals surface area contributed by atoms with Crippen molar-refractivity contribution in [2.45, 2.75) is 26.8 Å². The summed E-state index contributed by atoms with van der Waals surface area (Å²) in [5.41, 5.74) is 2.96. The van der Waals surface area contributed by atoms with Gasteiger partial charge in [0.1, 0.15) is 0 Å². The van der Waals surface area contributed by atoms with Crippen molar-refractivity contribution in [2.75, 3.05) is 13.0 Å². The summed E-state index contributed by atoms with van der Waals surface area (Å²) in [6.45, 7) is 5.95. The predicted octanol–water partition coefficient (Wildman–Crippen LogP) is 1.74. The van der Waals surface area contributed by atoms with Crippen molar-refractivity contribution in [3.63, 3.8) is 0 Å². The maximum absolute atomic E-state index is 11.7. The molecule has 2 aromatic heterocycles. The maximum Gasteiger partial charge on any atom is 0.356 e. The SMILES string of the molecule is COC(=O)c1c(C)c(-c2cnn(C(C)C)c2)cn1N. The first-order chi connectivity index (χ1) is 8.95. The van der Waals surface area contributed by atoms with Crippen molar-refractivity contribution in [1.82, 2.24) is 14.5 Å². The molecule has 0 fully saturated rings. The van der Waals surface area contributed by atoms with Crippen molar-refractivity contribution >= 4 is 5.97 Å². The fourth-order valence-electron chi connectivity index (χ4n) is 2.03. The van der Waals surface area contributed by atoms with Gasteiger partial charge in [0.15, 0.2) is 5.69 Å². The summed E-state index contributed by atoms with van der Waals surface area (Å²) in [4.78, 5) is 11.7. The Hall–Kier alpha value is -2.24. The molecule has 0 radical (unpaired) electrons. The Morgan fingerprint density at radius 2 is 2.11 bits per heavy atom. The molecule has 2 heterocycles. The third-order valence-corrected chi connectivity index (χ3v) is 3.11. The number of aromatic nitrogens is 3. The van der Waals surface area contributed by atoms with E-state index in [1.165, 1.54) is 11.8 Å². The second kappa shape index (κ2) is 4.79. The van der Waals surface area contributed by atoms with Gasteiger partial charge in [0.05, 0.1) is 13.3 Å². The molecule has 0 bridgehead atoms. The second-order valence-corrected chi connectivity index (χ2v) is 4.72. The predicted molar refractivity (Wildman–Crippen MR) is 72.3 cm³/mol. The topological polar surface area (TPSA) is 75.1 Å². The average molecular weight is 262 g/mol. The Morgan fingerprint density at radius 1 is 1.42 bits per heavy atom. The zero-order chi connectivity index (χ0) is 14.2. The molecule has 0 aliphatic carbocycles. The largest absolute Gasteiger partial charge is 0.464 e. The first-order valence-corrected chi connectivity index (χ1v) is 6.05. The maximum atomic E-state index is 11.7. The van der Waals surface area contributed by atoms with Crippen molar-refractivity contribution in [1.29, 1.82) is 0 Å². The van der Waals surface area contributed by atoms with E-state index in [1.807, 2.05) is 17.8 Å². The quantitative estimate of drug-likeness (QED) is 0.675. The van der Waals surface area contributed by atoms with Gasteiger partial charge in [-0.1, -0.05) is 0 Å². The lowest BCUT2D eigenvalue weighted by molar-refractivity contribution is 0.0590. The van der Waals surface area contributed by atoms with Crippen LogP contribution in [0.15, 0.2) is 18.6 Å². The fraction of sp³-hybridized carbons (Fsp3) is 0.385. The van der Waals surface area contributed by atoms with E-state index < -0.39 is 5.97 Å². The van der Waals surface area contributed by atoms with Crippen LogP contribution in [0.2, 0.25) is 0 Å². The van der Waals surface area contributed by atoms with Crippen molar-refractivity contribution in [3.05, 3.63) is 29.8 Å². The van der Waals surface area contributed by atoms with Gasteiger partial charge in [-0.2, -0.15) is 5.10 Å². The molecule has 19 heavy (non-hydrogen) atoms. The molecule has 0 amide bonds. The van der Waals surface area contributed by atoms with E-state index in [2.05, 4.69) is 18.9 Å². The van der Waals surface area contributed by atoms with E-state index >= 15 is 0 Å². The van der Waals surface area contributed by atoms with E-state index in [0.29, 0.717) is 5.69 Å². The van der Waals surface area contributed by atoms with Crippen LogP contribution in [0, 0.1) is 6.92 Å². The highest BCUT2D eigenvalue weighted by Gasteiger charge is 2.20. The molecule has 2 N–H and O–H groups in total. The number of nitrogens with zero attached hydrogens (tertiary/aromatic N) is 3. The summed E-state index contributed by atoms with van der Waals surface area (Å²) < 4.78 is 7.89. The van der Waals surface area contributed by atoms with E-state index in [1.54, 1.807) is 12.4 Å². The van der Waals surface area contributed by atoms with Crippen LogP contribution < -0.4 is 5.84 Å².